The maximum atomic E-state index is 14.7. The second-order valence-electron chi connectivity index (χ2n) is 9.93. The maximum absolute atomic E-state index is 14.7. The summed E-state index contributed by atoms with van der Waals surface area (Å²) in [5, 5.41) is 2.33. The van der Waals surface area contributed by atoms with E-state index in [0.717, 1.165) is 60.0 Å². The molecule has 2 aliphatic rings. The molecule has 0 radical (unpaired) electrons. The quantitative estimate of drug-likeness (QED) is 0.206. The summed E-state index contributed by atoms with van der Waals surface area (Å²) < 4.78 is 23.5. The molecule has 3 nitrogen and oxygen atoms in total. The fourth-order valence-corrected chi connectivity index (χ4v) is 8.74. The van der Waals surface area contributed by atoms with E-state index in [1.165, 1.54) is 5.39 Å². The van der Waals surface area contributed by atoms with Crippen LogP contribution in [0.1, 0.15) is 22.3 Å². The number of aryl methyl sites for hydroxylation is 1. The molecule has 0 amide bonds. The molecule has 0 saturated carbocycles. The molecule has 1 spiro atoms. The largest absolute Gasteiger partial charge is 0.457 e. The Bertz CT molecular complexity index is 2000. The van der Waals surface area contributed by atoms with Crippen molar-refractivity contribution in [2.45, 2.75) is 15.2 Å². The highest BCUT2D eigenvalue weighted by atomic mass is 32.2. The normalized spacial score (nSPS) is 18.6. The first kappa shape index (κ1) is 20.9. The number of aromatic nitrogens is 1. The summed E-state index contributed by atoms with van der Waals surface area (Å²) in [6.07, 6.45) is 0. The van der Waals surface area contributed by atoms with Crippen molar-refractivity contribution in [3.8, 4) is 11.5 Å². The van der Waals surface area contributed by atoms with E-state index in [9.17, 15) is 4.21 Å². The smallest absolute Gasteiger partial charge is 0.132 e. The van der Waals surface area contributed by atoms with Gasteiger partial charge in [0.15, 0.2) is 0 Å². The van der Waals surface area contributed by atoms with Gasteiger partial charge in [0.2, 0.25) is 0 Å². The van der Waals surface area contributed by atoms with Crippen molar-refractivity contribution in [3.05, 3.63) is 131 Å². The Hall–Kier alpha value is -4.28. The van der Waals surface area contributed by atoms with Crippen molar-refractivity contribution in [1.82, 2.24) is 4.57 Å². The predicted octanol–water partition coefficient (Wildman–Crippen LogP) is 7.27. The van der Waals surface area contributed by atoms with Gasteiger partial charge in [-0.2, -0.15) is 0 Å². The van der Waals surface area contributed by atoms with Crippen molar-refractivity contribution >= 4 is 37.2 Å². The number of benzene rings is 5. The van der Waals surface area contributed by atoms with Crippen LogP contribution in [-0.4, -0.2) is 14.6 Å². The fourth-order valence-electron chi connectivity index (χ4n) is 6.76. The van der Waals surface area contributed by atoms with E-state index < -0.39 is 14.9 Å². The summed E-state index contributed by atoms with van der Waals surface area (Å²) in [5.41, 5.74) is 5.64. The summed E-state index contributed by atoms with van der Waals surface area (Å²) in [6, 6.07) is 37.3. The molecule has 0 N–H and O–H groups in total. The molecule has 0 aliphatic carbocycles. The number of nitrogens with zero attached hydrogens (tertiary/aromatic N) is 1. The van der Waals surface area contributed by atoms with Gasteiger partial charge in [-0.15, -0.1) is 0 Å². The van der Waals surface area contributed by atoms with Gasteiger partial charge in [-0.25, -0.2) is 0 Å². The standard InChI is InChI=1S/C33H23NO2S/c1-34-26-15-7-3-11-21(26)22-19-20-30-31(32(22)34)33(25-14-6-10-18-29(25)37(30,2)35)23-12-4-8-16-27(23)36-28-17-9-5-13-24(28)33/h3-20H,2H2,1H3. The van der Waals surface area contributed by atoms with Gasteiger partial charge in [-0.1, -0.05) is 78.9 Å². The Kier molecular flexibility index (Phi) is 3.91. The molecular weight excluding hydrogens is 474 g/mol. The zero-order chi connectivity index (χ0) is 24.9. The van der Waals surface area contributed by atoms with Gasteiger partial charge >= 0.3 is 0 Å². The van der Waals surface area contributed by atoms with Crippen LogP contribution >= 0.6 is 0 Å². The molecule has 2 aliphatic heterocycles. The summed E-state index contributed by atoms with van der Waals surface area (Å²) in [6.45, 7) is 0. The van der Waals surface area contributed by atoms with Gasteiger partial charge in [0.05, 0.1) is 10.9 Å². The van der Waals surface area contributed by atoms with E-state index in [1.54, 1.807) is 0 Å². The monoisotopic (exact) mass is 497 g/mol. The van der Waals surface area contributed by atoms with E-state index in [4.69, 9.17) is 4.74 Å². The third kappa shape index (κ3) is 2.37. The van der Waals surface area contributed by atoms with Crippen LogP contribution in [0.25, 0.3) is 21.8 Å². The highest BCUT2D eigenvalue weighted by molar-refractivity contribution is 8.00. The Morgan fingerprint density at radius 3 is 2.00 bits per heavy atom. The van der Waals surface area contributed by atoms with Crippen molar-refractivity contribution in [2.24, 2.45) is 7.05 Å². The first-order chi connectivity index (χ1) is 18.0. The molecule has 0 fully saturated rings. The number of rotatable bonds is 0. The lowest BCUT2D eigenvalue weighted by atomic mass is 9.63. The molecule has 6 aromatic rings. The van der Waals surface area contributed by atoms with Gasteiger partial charge in [-0.3, -0.25) is 4.21 Å². The molecule has 0 saturated heterocycles. The van der Waals surface area contributed by atoms with Crippen molar-refractivity contribution in [2.75, 3.05) is 0 Å². The molecule has 1 unspecified atom stereocenters. The zero-order valence-corrected chi connectivity index (χ0v) is 21.1. The van der Waals surface area contributed by atoms with Crippen molar-refractivity contribution in [3.63, 3.8) is 0 Å². The van der Waals surface area contributed by atoms with E-state index in [1.807, 2.05) is 42.5 Å². The number of hydrogen-bond acceptors (Lipinski definition) is 2. The third-order valence-electron chi connectivity index (χ3n) is 8.21. The molecule has 3 heterocycles. The average molecular weight is 498 g/mol. The lowest BCUT2D eigenvalue weighted by Crippen LogP contribution is -2.40. The van der Waals surface area contributed by atoms with Crippen LogP contribution < -0.4 is 4.74 Å². The minimum Gasteiger partial charge on any atom is -0.457 e. The van der Waals surface area contributed by atoms with Crippen molar-refractivity contribution < 1.29 is 8.95 Å². The van der Waals surface area contributed by atoms with Gasteiger partial charge in [0.25, 0.3) is 0 Å². The first-order valence-corrected chi connectivity index (χ1v) is 14.1. The highest BCUT2D eigenvalue weighted by Gasteiger charge is 2.52. The minimum absolute atomic E-state index is 0.725. The Labute approximate surface area is 215 Å². The lowest BCUT2D eigenvalue weighted by Gasteiger charge is -2.46. The molecule has 5 aromatic carbocycles. The van der Waals surface area contributed by atoms with Gasteiger partial charge in [0, 0.05) is 59.3 Å². The van der Waals surface area contributed by atoms with Crippen LogP contribution in [-0.2, 0) is 22.0 Å². The van der Waals surface area contributed by atoms with Crippen LogP contribution in [0, 0.1) is 0 Å². The van der Waals surface area contributed by atoms with Crippen molar-refractivity contribution in [1.29, 1.82) is 0 Å². The average Bonchev–Trinajstić information content (AvgIpc) is 3.23. The van der Waals surface area contributed by atoms with E-state index >= 15 is 0 Å². The lowest BCUT2D eigenvalue weighted by molar-refractivity contribution is 0.431. The minimum atomic E-state index is -2.78. The molecule has 8 rings (SSSR count). The molecular formula is C33H23NO2S. The van der Waals surface area contributed by atoms with E-state index in [-0.39, 0.29) is 0 Å². The number of hydrogen-bond donors (Lipinski definition) is 0. The summed E-state index contributed by atoms with van der Waals surface area (Å²) in [4.78, 5) is 1.57. The van der Waals surface area contributed by atoms with Crippen LogP contribution in [0.15, 0.2) is 119 Å². The van der Waals surface area contributed by atoms with Crippen LogP contribution in [0.2, 0.25) is 0 Å². The number of para-hydroxylation sites is 3. The Balaban J connectivity index is 1.72. The first-order valence-electron chi connectivity index (χ1n) is 12.4. The maximum Gasteiger partial charge on any atom is 0.132 e. The molecule has 4 heteroatoms. The molecule has 37 heavy (non-hydrogen) atoms. The Morgan fingerprint density at radius 1 is 0.676 bits per heavy atom. The van der Waals surface area contributed by atoms with Gasteiger partial charge < -0.3 is 9.30 Å². The predicted molar refractivity (Wildman–Crippen MR) is 151 cm³/mol. The van der Waals surface area contributed by atoms with Crippen LogP contribution in [0.5, 0.6) is 11.5 Å². The summed E-state index contributed by atoms with van der Waals surface area (Å²) in [5.74, 6) is 6.01. The summed E-state index contributed by atoms with van der Waals surface area (Å²) in [7, 11) is -0.669. The molecule has 1 atom stereocenters. The second kappa shape index (κ2) is 6.93. The SMILES string of the molecule is C=S1(=O)c2ccccc2C2(c3ccccc3Oc3ccccc32)c2c1ccc1c3ccccc3n(C)c21. The van der Waals surface area contributed by atoms with Gasteiger partial charge in [0.1, 0.15) is 11.5 Å². The number of ether oxygens (including phenoxy) is 1. The zero-order valence-electron chi connectivity index (χ0n) is 20.3. The third-order valence-corrected chi connectivity index (χ3v) is 10.3. The van der Waals surface area contributed by atoms with E-state index in [2.05, 4.69) is 84.2 Å². The van der Waals surface area contributed by atoms with E-state index in [0.29, 0.717) is 0 Å². The fraction of sp³-hybridized carbons (Fsp3) is 0.0606. The van der Waals surface area contributed by atoms with Crippen LogP contribution in [0.3, 0.4) is 0 Å². The molecule has 0 bridgehead atoms. The second-order valence-corrected chi connectivity index (χ2v) is 12.2. The topological polar surface area (TPSA) is 31.2 Å². The Morgan fingerprint density at radius 2 is 1.27 bits per heavy atom. The molecule has 178 valence electrons. The molecule has 1 aromatic heterocycles. The highest BCUT2D eigenvalue weighted by Crippen LogP contribution is 2.61. The van der Waals surface area contributed by atoms with Gasteiger partial charge in [-0.05, 0) is 41.8 Å². The van der Waals surface area contributed by atoms with Crippen LogP contribution in [0.4, 0.5) is 0 Å². The number of fused-ring (bicyclic) bond motifs is 12. The summed E-state index contributed by atoms with van der Waals surface area (Å²) >= 11 is 0.